The van der Waals surface area contributed by atoms with Crippen molar-refractivity contribution in [2.24, 2.45) is 0 Å². The van der Waals surface area contributed by atoms with E-state index >= 15 is 0 Å². The van der Waals surface area contributed by atoms with Crippen LogP contribution in [0.4, 0.5) is 17.6 Å². The van der Waals surface area contributed by atoms with Crippen LogP contribution in [0.25, 0.3) is 0 Å². The molecule has 0 fully saturated rings. The predicted octanol–water partition coefficient (Wildman–Crippen LogP) is 3.20. The maximum absolute atomic E-state index is 13.1. The molecule has 2 heterocycles. The van der Waals surface area contributed by atoms with E-state index in [4.69, 9.17) is 16.3 Å². The number of halogens is 5. The maximum atomic E-state index is 13.1. The minimum atomic E-state index is -4.57. The molecular formula is C16H14ClF4N3O2. The van der Waals surface area contributed by atoms with Crippen LogP contribution in [0.15, 0.2) is 18.2 Å². The Morgan fingerprint density at radius 1 is 1.38 bits per heavy atom. The van der Waals surface area contributed by atoms with Crippen molar-refractivity contribution in [2.45, 2.75) is 25.7 Å². The van der Waals surface area contributed by atoms with Gasteiger partial charge in [-0.2, -0.15) is 18.3 Å². The average molecular weight is 392 g/mol. The largest absolute Gasteiger partial charge is 0.435 e. The van der Waals surface area contributed by atoms with Gasteiger partial charge in [0.2, 0.25) is 0 Å². The second-order valence-electron chi connectivity index (χ2n) is 5.68. The molecule has 0 saturated carbocycles. The number of ether oxygens (including phenoxy) is 1. The summed E-state index contributed by atoms with van der Waals surface area (Å²) in [5.74, 6) is -1.12. The summed E-state index contributed by atoms with van der Waals surface area (Å²) in [6.45, 7) is 0.275. The Hall–Kier alpha value is -2.13. The first-order valence-corrected chi connectivity index (χ1v) is 8.12. The quantitative estimate of drug-likeness (QED) is 0.814. The number of hydrogen-bond donors (Lipinski definition) is 1. The molecule has 1 amide bonds. The van der Waals surface area contributed by atoms with E-state index < -0.39 is 23.6 Å². The van der Waals surface area contributed by atoms with Gasteiger partial charge in [-0.1, -0.05) is 11.6 Å². The van der Waals surface area contributed by atoms with Gasteiger partial charge in [-0.15, -0.1) is 0 Å². The van der Waals surface area contributed by atoms with Crippen molar-refractivity contribution in [3.8, 4) is 0 Å². The molecule has 5 nitrogen and oxygen atoms in total. The molecule has 0 atom stereocenters. The number of aromatic nitrogens is 2. The Morgan fingerprint density at radius 2 is 2.15 bits per heavy atom. The van der Waals surface area contributed by atoms with Gasteiger partial charge in [-0.3, -0.25) is 9.48 Å². The third-order valence-corrected chi connectivity index (χ3v) is 4.26. The Kier molecular flexibility index (Phi) is 5.19. The Bertz CT molecular complexity index is 836. The molecule has 0 aliphatic carbocycles. The number of nitrogens with zero attached hydrogens (tertiary/aromatic N) is 2. The van der Waals surface area contributed by atoms with Crippen LogP contribution in [-0.4, -0.2) is 28.8 Å². The van der Waals surface area contributed by atoms with E-state index in [1.54, 1.807) is 0 Å². The van der Waals surface area contributed by atoms with Crippen molar-refractivity contribution in [2.75, 3.05) is 13.2 Å². The van der Waals surface area contributed by atoms with Crippen molar-refractivity contribution in [3.05, 3.63) is 51.6 Å². The number of rotatable bonds is 4. The molecule has 1 aromatic heterocycles. The molecule has 0 saturated heterocycles. The van der Waals surface area contributed by atoms with Crippen molar-refractivity contribution >= 4 is 17.5 Å². The van der Waals surface area contributed by atoms with Crippen molar-refractivity contribution in [1.29, 1.82) is 0 Å². The molecule has 0 spiro atoms. The van der Waals surface area contributed by atoms with Crippen LogP contribution in [0.3, 0.4) is 0 Å². The summed E-state index contributed by atoms with van der Waals surface area (Å²) in [4.78, 5) is 12.1. The third-order valence-electron chi connectivity index (χ3n) is 3.95. The van der Waals surface area contributed by atoms with Gasteiger partial charge in [-0.05, 0) is 18.2 Å². The normalized spacial score (nSPS) is 14.2. The molecule has 1 aliphatic heterocycles. The average Bonchev–Trinajstić information content (AvgIpc) is 2.94. The van der Waals surface area contributed by atoms with Crippen molar-refractivity contribution in [1.82, 2.24) is 15.1 Å². The minimum absolute atomic E-state index is 0.0386. The lowest BCUT2D eigenvalue weighted by atomic mass is 10.1. The van der Waals surface area contributed by atoms with Crippen LogP contribution >= 0.6 is 11.6 Å². The monoisotopic (exact) mass is 391 g/mol. The van der Waals surface area contributed by atoms with Gasteiger partial charge in [0, 0.05) is 24.2 Å². The first-order chi connectivity index (χ1) is 12.3. The van der Waals surface area contributed by atoms with Crippen LogP contribution in [0.1, 0.15) is 27.3 Å². The SMILES string of the molecule is O=C(NCCn1nc(C(F)(F)F)c2c1CCOC2)c1ccc(F)cc1Cl. The lowest BCUT2D eigenvalue weighted by Crippen LogP contribution is -2.28. The van der Waals surface area contributed by atoms with E-state index in [0.29, 0.717) is 18.7 Å². The standard InChI is InChI=1S/C16H14ClF4N3O2/c17-12-7-9(18)1-2-10(12)15(25)22-4-5-24-13-3-6-26-8-11(13)14(23-24)16(19,20)21/h1-2,7H,3-6,8H2,(H,22,25). The second-order valence-corrected chi connectivity index (χ2v) is 6.08. The predicted molar refractivity (Wildman–Crippen MR) is 84.3 cm³/mol. The number of hydrogen-bond acceptors (Lipinski definition) is 3. The first kappa shape index (κ1) is 18.7. The summed E-state index contributed by atoms with van der Waals surface area (Å²) >= 11 is 5.81. The first-order valence-electron chi connectivity index (χ1n) is 7.74. The molecule has 1 aliphatic rings. The topological polar surface area (TPSA) is 56.2 Å². The fourth-order valence-electron chi connectivity index (χ4n) is 2.77. The summed E-state index contributed by atoms with van der Waals surface area (Å²) in [6.07, 6.45) is -4.25. The minimum Gasteiger partial charge on any atom is -0.376 e. The Labute approximate surface area is 150 Å². The van der Waals surface area contributed by atoms with E-state index in [9.17, 15) is 22.4 Å². The van der Waals surface area contributed by atoms with Gasteiger partial charge >= 0.3 is 6.18 Å². The van der Waals surface area contributed by atoms with Crippen LogP contribution in [0.5, 0.6) is 0 Å². The highest BCUT2D eigenvalue weighted by molar-refractivity contribution is 6.33. The second kappa shape index (κ2) is 7.24. The molecule has 26 heavy (non-hydrogen) atoms. The van der Waals surface area contributed by atoms with Gasteiger partial charge in [0.25, 0.3) is 5.91 Å². The molecule has 10 heteroatoms. The number of nitrogens with one attached hydrogen (secondary N) is 1. The van der Waals surface area contributed by atoms with Gasteiger partial charge in [-0.25, -0.2) is 4.39 Å². The smallest absolute Gasteiger partial charge is 0.376 e. The fourth-order valence-corrected chi connectivity index (χ4v) is 3.02. The summed E-state index contributed by atoms with van der Waals surface area (Å²) in [7, 11) is 0. The number of carbonyl (C=O) groups excluding carboxylic acids is 1. The number of carbonyl (C=O) groups is 1. The molecule has 0 unspecified atom stereocenters. The lowest BCUT2D eigenvalue weighted by Gasteiger charge is -2.15. The summed E-state index contributed by atoms with van der Waals surface area (Å²) in [6, 6.07) is 3.35. The Balaban J connectivity index is 1.70. The molecule has 140 valence electrons. The molecule has 0 radical (unpaired) electrons. The van der Waals surface area contributed by atoms with Crippen LogP contribution in [0, 0.1) is 5.82 Å². The highest BCUT2D eigenvalue weighted by Gasteiger charge is 2.39. The van der Waals surface area contributed by atoms with Gasteiger partial charge < -0.3 is 10.1 Å². The molecule has 1 N–H and O–H groups in total. The lowest BCUT2D eigenvalue weighted by molar-refractivity contribution is -0.142. The zero-order valence-electron chi connectivity index (χ0n) is 13.4. The number of amides is 1. The molecule has 1 aromatic carbocycles. The molecule has 3 rings (SSSR count). The van der Waals surface area contributed by atoms with Crippen molar-refractivity contribution < 1.29 is 27.1 Å². The zero-order chi connectivity index (χ0) is 18.9. The molecule has 0 bridgehead atoms. The zero-order valence-corrected chi connectivity index (χ0v) is 14.1. The van der Waals surface area contributed by atoms with Crippen LogP contribution < -0.4 is 5.32 Å². The summed E-state index contributed by atoms with van der Waals surface area (Å²) < 4.78 is 58.6. The van der Waals surface area contributed by atoms with Crippen LogP contribution in [0.2, 0.25) is 5.02 Å². The van der Waals surface area contributed by atoms with Crippen LogP contribution in [-0.2, 0) is 30.5 Å². The Morgan fingerprint density at radius 3 is 2.85 bits per heavy atom. The van der Waals surface area contributed by atoms with Gasteiger partial charge in [0.05, 0.1) is 30.3 Å². The highest BCUT2D eigenvalue weighted by Crippen LogP contribution is 2.34. The fraction of sp³-hybridized carbons (Fsp3) is 0.375. The third kappa shape index (κ3) is 3.83. The van der Waals surface area contributed by atoms with E-state index in [-0.39, 0.29) is 35.8 Å². The summed E-state index contributed by atoms with van der Waals surface area (Å²) in [5.41, 5.74) is -0.380. The molecular weight excluding hydrogens is 378 g/mol. The van der Waals surface area contributed by atoms with Gasteiger partial charge in [0.15, 0.2) is 5.69 Å². The van der Waals surface area contributed by atoms with Crippen molar-refractivity contribution in [3.63, 3.8) is 0 Å². The summed E-state index contributed by atoms with van der Waals surface area (Å²) in [5, 5.41) is 6.14. The van der Waals surface area contributed by atoms with E-state index in [2.05, 4.69) is 10.4 Å². The highest BCUT2D eigenvalue weighted by atomic mass is 35.5. The van der Waals surface area contributed by atoms with E-state index in [0.717, 1.165) is 12.1 Å². The number of alkyl halides is 3. The van der Waals surface area contributed by atoms with Gasteiger partial charge in [0.1, 0.15) is 5.82 Å². The van der Waals surface area contributed by atoms with E-state index in [1.165, 1.54) is 10.7 Å². The van der Waals surface area contributed by atoms with E-state index in [1.807, 2.05) is 0 Å². The maximum Gasteiger partial charge on any atom is 0.435 e. The number of fused-ring (bicyclic) bond motifs is 1. The molecule has 2 aromatic rings. The number of benzene rings is 1.